The predicted molar refractivity (Wildman–Crippen MR) is 113 cm³/mol. The Morgan fingerprint density at radius 1 is 1.07 bits per heavy atom. The lowest BCUT2D eigenvalue weighted by Gasteiger charge is -2.38. The summed E-state index contributed by atoms with van der Waals surface area (Å²) in [5.74, 6) is 0.0971. The highest BCUT2D eigenvalue weighted by Crippen LogP contribution is 2.21. The van der Waals surface area contributed by atoms with Gasteiger partial charge < -0.3 is 9.80 Å². The SMILES string of the molecule is CC(C)N1CCC(N(C)C(=O)c2ccc(-n3ncc4ccccc43)cc2)CC1. The Morgan fingerprint density at radius 3 is 2.43 bits per heavy atom. The number of para-hydroxylation sites is 1. The maximum Gasteiger partial charge on any atom is 0.253 e. The van der Waals surface area contributed by atoms with E-state index in [0.717, 1.165) is 48.1 Å². The first-order valence-corrected chi connectivity index (χ1v) is 10.1. The van der Waals surface area contributed by atoms with Crippen LogP contribution in [-0.4, -0.2) is 57.7 Å². The zero-order valence-electron chi connectivity index (χ0n) is 16.9. The number of fused-ring (bicyclic) bond motifs is 1. The van der Waals surface area contributed by atoms with E-state index < -0.39 is 0 Å². The molecule has 1 aliphatic heterocycles. The van der Waals surface area contributed by atoms with Crippen LogP contribution in [0.15, 0.2) is 54.7 Å². The third-order valence-electron chi connectivity index (χ3n) is 5.93. The van der Waals surface area contributed by atoms with Gasteiger partial charge in [0.2, 0.25) is 0 Å². The average Bonchev–Trinajstić information content (AvgIpc) is 3.17. The van der Waals surface area contributed by atoms with Crippen LogP contribution in [0, 0.1) is 0 Å². The molecule has 1 aliphatic rings. The van der Waals surface area contributed by atoms with Crippen LogP contribution in [0.1, 0.15) is 37.0 Å². The Hall–Kier alpha value is -2.66. The minimum absolute atomic E-state index is 0.0971. The van der Waals surface area contributed by atoms with Gasteiger partial charge in [-0.15, -0.1) is 0 Å². The summed E-state index contributed by atoms with van der Waals surface area (Å²) in [5.41, 5.74) is 2.76. The number of carbonyl (C=O) groups excluding carboxylic acids is 1. The van der Waals surface area contributed by atoms with Crippen LogP contribution >= 0.6 is 0 Å². The van der Waals surface area contributed by atoms with E-state index in [9.17, 15) is 4.79 Å². The lowest BCUT2D eigenvalue weighted by atomic mass is 10.0. The summed E-state index contributed by atoms with van der Waals surface area (Å²) >= 11 is 0. The first-order valence-electron chi connectivity index (χ1n) is 10.1. The summed E-state index contributed by atoms with van der Waals surface area (Å²) in [7, 11) is 1.94. The first kappa shape index (κ1) is 18.7. The summed E-state index contributed by atoms with van der Waals surface area (Å²) in [5, 5.41) is 5.59. The van der Waals surface area contributed by atoms with Gasteiger partial charge in [-0.2, -0.15) is 5.10 Å². The van der Waals surface area contributed by atoms with Gasteiger partial charge in [-0.25, -0.2) is 4.68 Å². The zero-order chi connectivity index (χ0) is 19.7. The summed E-state index contributed by atoms with van der Waals surface area (Å²) in [6, 6.07) is 16.8. The fourth-order valence-electron chi connectivity index (χ4n) is 4.08. The fourth-order valence-corrected chi connectivity index (χ4v) is 4.08. The summed E-state index contributed by atoms with van der Waals surface area (Å²) < 4.78 is 1.91. The van der Waals surface area contributed by atoms with Crippen LogP contribution in [-0.2, 0) is 0 Å². The molecule has 1 amide bonds. The Bertz CT molecular complexity index is 952. The maximum absolute atomic E-state index is 13.0. The van der Waals surface area contributed by atoms with Crippen molar-refractivity contribution in [2.45, 2.75) is 38.8 Å². The molecule has 0 saturated carbocycles. The number of hydrogen-bond acceptors (Lipinski definition) is 3. The van der Waals surface area contributed by atoms with E-state index in [1.165, 1.54) is 0 Å². The fraction of sp³-hybridized carbons (Fsp3) is 0.391. The number of nitrogens with zero attached hydrogens (tertiary/aromatic N) is 4. The van der Waals surface area contributed by atoms with Crippen molar-refractivity contribution in [2.75, 3.05) is 20.1 Å². The smallest absolute Gasteiger partial charge is 0.253 e. The van der Waals surface area contributed by atoms with Gasteiger partial charge in [-0.05, 0) is 57.0 Å². The summed E-state index contributed by atoms with van der Waals surface area (Å²) in [6.07, 6.45) is 3.95. The van der Waals surface area contributed by atoms with Crippen molar-refractivity contribution in [1.82, 2.24) is 19.6 Å². The predicted octanol–water partition coefficient (Wildman–Crippen LogP) is 3.97. The van der Waals surface area contributed by atoms with E-state index in [4.69, 9.17) is 0 Å². The number of piperidine rings is 1. The number of likely N-dealkylation sites (tertiary alicyclic amines) is 1. The molecular weight excluding hydrogens is 348 g/mol. The average molecular weight is 377 g/mol. The van der Waals surface area contributed by atoms with Gasteiger partial charge in [0.25, 0.3) is 5.91 Å². The third-order valence-corrected chi connectivity index (χ3v) is 5.93. The molecular formula is C23H28N4O. The normalized spacial score (nSPS) is 16.0. The molecule has 1 fully saturated rings. The van der Waals surface area contributed by atoms with Crippen LogP contribution in [0.4, 0.5) is 0 Å². The van der Waals surface area contributed by atoms with E-state index in [1.54, 1.807) is 0 Å². The van der Waals surface area contributed by atoms with Gasteiger partial charge in [0.05, 0.1) is 17.4 Å². The Kier molecular flexibility index (Phi) is 5.18. The highest BCUT2D eigenvalue weighted by molar-refractivity contribution is 5.94. The van der Waals surface area contributed by atoms with Crippen molar-refractivity contribution in [3.63, 3.8) is 0 Å². The highest BCUT2D eigenvalue weighted by atomic mass is 16.2. The minimum atomic E-state index is 0.0971. The number of rotatable bonds is 4. The maximum atomic E-state index is 13.0. The van der Waals surface area contributed by atoms with E-state index in [2.05, 4.69) is 36.0 Å². The molecule has 0 N–H and O–H groups in total. The second-order valence-electron chi connectivity index (χ2n) is 7.94. The molecule has 2 heterocycles. The van der Waals surface area contributed by atoms with Gasteiger partial charge in [0, 0.05) is 43.2 Å². The van der Waals surface area contributed by atoms with Crippen LogP contribution < -0.4 is 0 Å². The van der Waals surface area contributed by atoms with E-state index in [1.807, 2.05) is 59.2 Å². The van der Waals surface area contributed by atoms with E-state index in [-0.39, 0.29) is 5.91 Å². The minimum Gasteiger partial charge on any atom is -0.339 e. The molecule has 5 heteroatoms. The first-order chi connectivity index (χ1) is 13.5. The quantitative estimate of drug-likeness (QED) is 0.692. The second kappa shape index (κ2) is 7.76. The van der Waals surface area contributed by atoms with Crippen molar-refractivity contribution < 1.29 is 4.79 Å². The molecule has 146 valence electrons. The zero-order valence-corrected chi connectivity index (χ0v) is 16.9. The second-order valence-corrected chi connectivity index (χ2v) is 7.94. The van der Waals surface area contributed by atoms with E-state index >= 15 is 0 Å². The van der Waals surface area contributed by atoms with Crippen molar-refractivity contribution in [3.8, 4) is 5.69 Å². The van der Waals surface area contributed by atoms with Crippen LogP contribution in [0.3, 0.4) is 0 Å². The van der Waals surface area contributed by atoms with Crippen molar-refractivity contribution in [1.29, 1.82) is 0 Å². The molecule has 0 bridgehead atoms. The number of carbonyl (C=O) groups is 1. The van der Waals surface area contributed by atoms with Gasteiger partial charge in [-0.3, -0.25) is 4.79 Å². The molecule has 1 saturated heterocycles. The van der Waals surface area contributed by atoms with Crippen LogP contribution in [0.25, 0.3) is 16.6 Å². The van der Waals surface area contributed by atoms with Crippen molar-refractivity contribution >= 4 is 16.8 Å². The number of aromatic nitrogens is 2. The monoisotopic (exact) mass is 376 g/mol. The highest BCUT2D eigenvalue weighted by Gasteiger charge is 2.26. The summed E-state index contributed by atoms with van der Waals surface area (Å²) in [4.78, 5) is 17.4. The van der Waals surface area contributed by atoms with Crippen molar-refractivity contribution in [3.05, 3.63) is 60.3 Å². The Labute approximate surface area is 166 Å². The van der Waals surface area contributed by atoms with Gasteiger partial charge in [0.15, 0.2) is 0 Å². The third kappa shape index (κ3) is 3.54. The number of amides is 1. The van der Waals surface area contributed by atoms with Gasteiger partial charge in [0.1, 0.15) is 0 Å². The Morgan fingerprint density at radius 2 is 1.75 bits per heavy atom. The van der Waals surface area contributed by atoms with Gasteiger partial charge >= 0.3 is 0 Å². The molecule has 1 aromatic heterocycles. The molecule has 4 rings (SSSR count). The van der Waals surface area contributed by atoms with Crippen LogP contribution in [0.5, 0.6) is 0 Å². The van der Waals surface area contributed by atoms with Gasteiger partial charge in [-0.1, -0.05) is 18.2 Å². The standard InChI is InChI=1S/C23H28N4O/c1-17(2)26-14-12-20(13-15-26)25(3)23(28)18-8-10-21(11-9-18)27-22-7-5-4-6-19(22)16-24-27/h4-11,16-17,20H,12-15H2,1-3H3. The summed E-state index contributed by atoms with van der Waals surface area (Å²) in [6.45, 7) is 6.59. The topological polar surface area (TPSA) is 41.4 Å². The lowest BCUT2D eigenvalue weighted by molar-refractivity contribution is 0.0615. The molecule has 0 atom stereocenters. The Balaban J connectivity index is 1.47. The molecule has 2 aromatic carbocycles. The van der Waals surface area contributed by atoms with E-state index in [0.29, 0.717) is 12.1 Å². The molecule has 28 heavy (non-hydrogen) atoms. The number of hydrogen-bond donors (Lipinski definition) is 0. The molecule has 3 aromatic rings. The largest absolute Gasteiger partial charge is 0.339 e. The number of benzene rings is 2. The molecule has 0 radical (unpaired) electrons. The molecule has 0 unspecified atom stereocenters. The van der Waals surface area contributed by atoms with Crippen molar-refractivity contribution in [2.24, 2.45) is 0 Å². The molecule has 0 aliphatic carbocycles. The molecule has 5 nitrogen and oxygen atoms in total. The molecule has 0 spiro atoms. The lowest BCUT2D eigenvalue weighted by Crippen LogP contribution is -2.47. The van der Waals surface area contributed by atoms with Crippen LogP contribution in [0.2, 0.25) is 0 Å².